The van der Waals surface area contributed by atoms with Gasteiger partial charge in [-0.2, -0.15) is 10.4 Å². The van der Waals surface area contributed by atoms with Crippen LogP contribution in [-0.2, 0) is 16.1 Å². The molecular weight excluding hydrogens is 458 g/mol. The third-order valence-corrected chi connectivity index (χ3v) is 6.37. The summed E-state index contributed by atoms with van der Waals surface area (Å²) in [5.74, 6) is -4.27. The van der Waals surface area contributed by atoms with Crippen LogP contribution in [0.3, 0.4) is 0 Å². The van der Waals surface area contributed by atoms with E-state index in [0.717, 1.165) is 35.4 Å². The summed E-state index contributed by atoms with van der Waals surface area (Å²) < 4.78 is 28.7. The number of nitrogens with one attached hydrogen (secondary N) is 2. The van der Waals surface area contributed by atoms with Gasteiger partial charge in [-0.05, 0) is 37.5 Å². The number of rotatable bonds is 7. The van der Waals surface area contributed by atoms with Gasteiger partial charge in [0.1, 0.15) is 6.04 Å². The molecule has 2 heterocycles. The van der Waals surface area contributed by atoms with Gasteiger partial charge in [0.25, 0.3) is 11.8 Å². The fraction of sp³-hybridized carbons (Fsp3) is 0.458. The topological polar surface area (TPSA) is 120 Å². The molecule has 2 aromatic rings. The van der Waals surface area contributed by atoms with E-state index in [2.05, 4.69) is 15.7 Å². The van der Waals surface area contributed by atoms with Gasteiger partial charge in [-0.1, -0.05) is 18.6 Å². The van der Waals surface area contributed by atoms with Crippen molar-refractivity contribution < 1.29 is 23.2 Å². The number of alkyl halides is 2. The van der Waals surface area contributed by atoms with Crippen LogP contribution >= 0.6 is 0 Å². The summed E-state index contributed by atoms with van der Waals surface area (Å²) >= 11 is 0. The van der Waals surface area contributed by atoms with Crippen LogP contribution in [0.1, 0.15) is 47.3 Å². The fourth-order valence-corrected chi connectivity index (χ4v) is 4.16. The molecule has 0 unspecified atom stereocenters. The number of benzene rings is 1. The van der Waals surface area contributed by atoms with Crippen molar-refractivity contribution in [2.75, 3.05) is 18.4 Å². The zero-order chi connectivity index (χ0) is 25.2. The molecule has 1 atom stereocenters. The van der Waals surface area contributed by atoms with E-state index in [1.54, 1.807) is 23.9 Å². The quantitative estimate of drug-likeness (QED) is 0.626. The van der Waals surface area contributed by atoms with Crippen molar-refractivity contribution in [2.24, 2.45) is 5.92 Å². The second-order valence-corrected chi connectivity index (χ2v) is 9.05. The predicted octanol–water partition coefficient (Wildman–Crippen LogP) is 2.47. The number of aryl methyl sites for hydroxylation is 1. The van der Waals surface area contributed by atoms with Crippen LogP contribution < -0.4 is 10.6 Å². The predicted molar refractivity (Wildman–Crippen MR) is 121 cm³/mol. The van der Waals surface area contributed by atoms with Gasteiger partial charge >= 0.3 is 0 Å². The van der Waals surface area contributed by atoms with Gasteiger partial charge in [0, 0.05) is 24.2 Å². The number of carbonyl (C=O) groups excluding carboxylic acids is 3. The monoisotopic (exact) mass is 484 g/mol. The van der Waals surface area contributed by atoms with Gasteiger partial charge in [-0.3, -0.25) is 19.1 Å². The summed E-state index contributed by atoms with van der Waals surface area (Å²) in [6.07, 6.45) is 3.80. The van der Waals surface area contributed by atoms with Gasteiger partial charge in [-0.15, -0.1) is 0 Å². The van der Waals surface area contributed by atoms with Crippen molar-refractivity contribution in [1.29, 1.82) is 5.26 Å². The van der Waals surface area contributed by atoms with Gasteiger partial charge in [0.15, 0.2) is 0 Å². The first-order chi connectivity index (χ1) is 16.6. The lowest BCUT2D eigenvalue weighted by molar-refractivity contribution is -0.131. The molecule has 1 aromatic carbocycles. The number of halogens is 2. The number of hydrogen-bond acceptors (Lipinski definition) is 5. The molecule has 2 N–H and O–H groups in total. The van der Waals surface area contributed by atoms with E-state index in [9.17, 15) is 23.2 Å². The van der Waals surface area contributed by atoms with E-state index in [1.165, 1.54) is 0 Å². The smallest absolute Gasteiger partial charge is 0.268 e. The van der Waals surface area contributed by atoms with Crippen molar-refractivity contribution in [3.8, 4) is 6.07 Å². The zero-order valence-corrected chi connectivity index (χ0v) is 19.3. The van der Waals surface area contributed by atoms with Gasteiger partial charge < -0.3 is 15.5 Å². The Morgan fingerprint density at radius 1 is 1.23 bits per heavy atom. The Kier molecular flexibility index (Phi) is 6.82. The molecule has 1 saturated carbocycles. The van der Waals surface area contributed by atoms with Gasteiger partial charge in [0.05, 0.1) is 37.0 Å². The molecular formula is C24H26F2N6O3. The van der Waals surface area contributed by atoms with Crippen molar-refractivity contribution in [1.82, 2.24) is 20.0 Å². The van der Waals surface area contributed by atoms with Crippen molar-refractivity contribution in [2.45, 2.75) is 51.1 Å². The minimum Gasteiger partial charge on any atom is -0.343 e. The van der Waals surface area contributed by atoms with Crippen LogP contribution in [0.15, 0.2) is 30.5 Å². The maximum atomic E-state index is 13.6. The lowest BCUT2D eigenvalue weighted by Gasteiger charge is -2.24. The summed E-state index contributed by atoms with van der Waals surface area (Å²) in [4.78, 5) is 37.7. The standard InChI is InChI=1S/C24H26F2N6O3/c1-15-20(23(35)28-11-21(33)32-14-24(25,26)9-19(32)10-27)13-31(30-15)12-16-5-7-18(8-6-16)29-22(34)17-3-2-4-17/h5-8,13,17,19H,2-4,9,11-12,14H2,1H3,(H,28,35)(H,29,34)/t19-/m0/s1. The highest BCUT2D eigenvalue weighted by Gasteiger charge is 2.47. The maximum Gasteiger partial charge on any atom is 0.268 e. The molecule has 1 aromatic heterocycles. The highest BCUT2D eigenvalue weighted by atomic mass is 19.3. The molecule has 11 heteroatoms. The van der Waals surface area contributed by atoms with E-state index in [0.29, 0.717) is 12.2 Å². The second kappa shape index (κ2) is 9.82. The Labute approximate surface area is 201 Å². The highest BCUT2D eigenvalue weighted by molar-refractivity contribution is 5.97. The summed E-state index contributed by atoms with van der Waals surface area (Å²) in [5, 5.41) is 18.7. The molecule has 0 radical (unpaired) electrons. The molecule has 2 fully saturated rings. The molecule has 3 amide bonds. The molecule has 1 saturated heterocycles. The summed E-state index contributed by atoms with van der Waals surface area (Å²) in [6.45, 7) is 0.710. The average molecular weight is 485 g/mol. The van der Waals surface area contributed by atoms with Gasteiger partial charge in [-0.25, -0.2) is 8.78 Å². The van der Waals surface area contributed by atoms with Crippen LogP contribution in [0.2, 0.25) is 0 Å². The SMILES string of the molecule is Cc1nn(Cc2ccc(NC(=O)C3CCC3)cc2)cc1C(=O)NCC(=O)N1CC(F)(F)C[C@H]1C#N. The van der Waals surface area contributed by atoms with Crippen LogP contribution in [0.25, 0.3) is 0 Å². The number of likely N-dealkylation sites (tertiary alicyclic amines) is 1. The number of nitrogens with zero attached hydrogens (tertiary/aromatic N) is 4. The first-order valence-electron chi connectivity index (χ1n) is 11.4. The Morgan fingerprint density at radius 3 is 2.57 bits per heavy atom. The number of nitriles is 1. The summed E-state index contributed by atoms with van der Waals surface area (Å²) in [7, 11) is 0. The van der Waals surface area contributed by atoms with Gasteiger partial charge in [0.2, 0.25) is 11.8 Å². The number of amides is 3. The largest absolute Gasteiger partial charge is 0.343 e. The molecule has 4 rings (SSSR count). The average Bonchev–Trinajstić information content (AvgIpc) is 3.30. The fourth-order valence-electron chi connectivity index (χ4n) is 4.16. The summed E-state index contributed by atoms with van der Waals surface area (Å²) in [6, 6.07) is 7.86. The molecule has 184 valence electrons. The Balaban J connectivity index is 1.31. The molecule has 2 aliphatic rings. The zero-order valence-electron chi connectivity index (χ0n) is 19.3. The second-order valence-electron chi connectivity index (χ2n) is 9.05. The summed E-state index contributed by atoms with van der Waals surface area (Å²) in [5.41, 5.74) is 2.34. The lowest BCUT2D eigenvalue weighted by Crippen LogP contribution is -2.43. The van der Waals surface area contributed by atoms with E-state index < -0.39 is 43.3 Å². The minimum absolute atomic E-state index is 0.0439. The van der Waals surface area contributed by atoms with E-state index in [1.807, 2.05) is 24.3 Å². The van der Waals surface area contributed by atoms with E-state index >= 15 is 0 Å². The highest BCUT2D eigenvalue weighted by Crippen LogP contribution is 2.31. The van der Waals surface area contributed by atoms with Crippen molar-refractivity contribution in [3.63, 3.8) is 0 Å². The first kappa shape index (κ1) is 24.3. The van der Waals surface area contributed by atoms with Crippen LogP contribution in [0, 0.1) is 24.2 Å². The van der Waals surface area contributed by atoms with Crippen LogP contribution in [0.4, 0.5) is 14.5 Å². The third kappa shape index (κ3) is 5.65. The third-order valence-electron chi connectivity index (χ3n) is 6.37. The molecule has 1 aliphatic heterocycles. The van der Waals surface area contributed by atoms with Crippen LogP contribution in [-0.4, -0.2) is 57.5 Å². The molecule has 9 nitrogen and oxygen atoms in total. The Morgan fingerprint density at radius 2 is 1.94 bits per heavy atom. The van der Waals surface area contributed by atoms with Crippen molar-refractivity contribution >= 4 is 23.4 Å². The van der Waals surface area contributed by atoms with Crippen LogP contribution in [0.5, 0.6) is 0 Å². The molecule has 1 aliphatic carbocycles. The Bertz CT molecular complexity index is 1170. The molecule has 0 bridgehead atoms. The minimum atomic E-state index is -3.11. The Hall–Kier alpha value is -3.81. The van der Waals surface area contributed by atoms with E-state index in [4.69, 9.17) is 5.26 Å². The number of aromatic nitrogens is 2. The molecule has 0 spiro atoms. The number of anilines is 1. The first-order valence-corrected chi connectivity index (χ1v) is 11.4. The number of hydrogen-bond donors (Lipinski definition) is 2. The normalized spacial score (nSPS) is 19.0. The molecule has 35 heavy (non-hydrogen) atoms. The van der Waals surface area contributed by atoms with E-state index in [-0.39, 0.29) is 17.4 Å². The number of carbonyl (C=O) groups is 3. The lowest BCUT2D eigenvalue weighted by atomic mass is 9.85. The van der Waals surface area contributed by atoms with Crippen molar-refractivity contribution in [3.05, 3.63) is 47.3 Å². The maximum absolute atomic E-state index is 13.6.